The van der Waals surface area contributed by atoms with Crippen LogP contribution in [0.4, 0.5) is 0 Å². The summed E-state index contributed by atoms with van der Waals surface area (Å²) in [6.07, 6.45) is 4.02. The molecule has 2 atom stereocenters. The standard InChI is InChI=1S/C18H23N3O3/c1-11-9-14(11)16-7-5-13(24-16)10-21(12-3-4-12)18(23)15-6-8-17(22)20(2)19-15/h5,7,11-12,14H,3-4,6,8-10H2,1-2H3/t11-,14+/m1/s1. The molecule has 4 rings (SSSR count). The summed E-state index contributed by atoms with van der Waals surface area (Å²) in [7, 11) is 1.60. The van der Waals surface area contributed by atoms with E-state index in [1.54, 1.807) is 7.05 Å². The Labute approximate surface area is 141 Å². The van der Waals surface area contributed by atoms with Gasteiger partial charge >= 0.3 is 0 Å². The fraction of sp³-hybridized carbons (Fsp3) is 0.611. The second kappa shape index (κ2) is 5.76. The van der Waals surface area contributed by atoms with Crippen molar-refractivity contribution < 1.29 is 14.0 Å². The summed E-state index contributed by atoms with van der Waals surface area (Å²) in [5.41, 5.74) is 0.478. The number of amides is 2. The molecule has 0 aromatic carbocycles. The largest absolute Gasteiger partial charge is 0.464 e. The number of hydrogen-bond acceptors (Lipinski definition) is 4. The van der Waals surface area contributed by atoms with Gasteiger partial charge in [-0.25, -0.2) is 5.01 Å². The van der Waals surface area contributed by atoms with Crippen molar-refractivity contribution in [3.63, 3.8) is 0 Å². The second-order valence-corrected chi connectivity index (χ2v) is 7.25. The zero-order valence-corrected chi connectivity index (χ0v) is 14.2. The molecule has 1 aliphatic heterocycles. The summed E-state index contributed by atoms with van der Waals surface area (Å²) in [4.78, 5) is 26.3. The first-order valence-corrected chi connectivity index (χ1v) is 8.76. The highest BCUT2D eigenvalue weighted by molar-refractivity contribution is 6.39. The highest BCUT2D eigenvalue weighted by atomic mass is 16.3. The molecule has 0 N–H and O–H groups in total. The van der Waals surface area contributed by atoms with E-state index >= 15 is 0 Å². The van der Waals surface area contributed by atoms with Crippen molar-refractivity contribution >= 4 is 17.5 Å². The van der Waals surface area contributed by atoms with Crippen LogP contribution in [0.1, 0.15) is 56.5 Å². The topological polar surface area (TPSA) is 66.1 Å². The predicted molar refractivity (Wildman–Crippen MR) is 88.2 cm³/mol. The molecule has 3 aliphatic rings. The number of hydrazone groups is 1. The van der Waals surface area contributed by atoms with Gasteiger partial charge in [-0.1, -0.05) is 6.92 Å². The van der Waals surface area contributed by atoms with Gasteiger partial charge in [0.25, 0.3) is 5.91 Å². The highest BCUT2D eigenvalue weighted by Gasteiger charge is 2.38. The van der Waals surface area contributed by atoms with Crippen LogP contribution in [0.25, 0.3) is 0 Å². The molecule has 0 radical (unpaired) electrons. The number of carbonyl (C=O) groups excluding carboxylic acids is 2. The molecule has 2 saturated carbocycles. The Bertz CT molecular complexity index is 704. The Kier molecular flexibility index (Phi) is 3.70. The molecule has 1 aromatic heterocycles. The van der Waals surface area contributed by atoms with Crippen LogP contribution in [0.5, 0.6) is 0 Å². The third-order valence-electron chi connectivity index (χ3n) is 5.19. The third-order valence-corrected chi connectivity index (χ3v) is 5.19. The van der Waals surface area contributed by atoms with Crippen LogP contribution >= 0.6 is 0 Å². The number of nitrogens with zero attached hydrogens (tertiary/aromatic N) is 3. The zero-order valence-electron chi connectivity index (χ0n) is 14.2. The first-order chi connectivity index (χ1) is 11.5. The summed E-state index contributed by atoms with van der Waals surface area (Å²) < 4.78 is 5.96. The van der Waals surface area contributed by atoms with E-state index in [4.69, 9.17) is 4.42 Å². The minimum absolute atomic E-state index is 0.0428. The molecular weight excluding hydrogens is 306 g/mol. The van der Waals surface area contributed by atoms with Crippen molar-refractivity contribution in [2.75, 3.05) is 7.05 Å². The molecule has 2 amide bonds. The van der Waals surface area contributed by atoms with Gasteiger partial charge in [-0.2, -0.15) is 5.10 Å². The van der Waals surface area contributed by atoms with Crippen molar-refractivity contribution in [1.29, 1.82) is 0 Å². The SMILES string of the molecule is C[C@@H]1C[C@@H]1c1ccc(CN(C(=O)C2=NN(C)C(=O)CC2)C2CC2)o1. The molecule has 0 bridgehead atoms. The smallest absolute Gasteiger partial charge is 0.270 e. The van der Waals surface area contributed by atoms with Gasteiger partial charge in [0.1, 0.15) is 17.2 Å². The van der Waals surface area contributed by atoms with E-state index in [0.717, 1.165) is 24.4 Å². The predicted octanol–water partition coefficient (Wildman–Crippen LogP) is 2.50. The maximum absolute atomic E-state index is 12.9. The Morgan fingerprint density at radius 1 is 1.38 bits per heavy atom. The van der Waals surface area contributed by atoms with Crippen molar-refractivity contribution in [3.8, 4) is 0 Å². The molecule has 0 unspecified atom stereocenters. The molecular formula is C18H23N3O3. The molecule has 2 aliphatic carbocycles. The summed E-state index contributed by atoms with van der Waals surface area (Å²) >= 11 is 0. The Balaban J connectivity index is 1.48. The maximum Gasteiger partial charge on any atom is 0.270 e. The number of furan rings is 1. The molecule has 0 saturated heterocycles. The van der Waals surface area contributed by atoms with Crippen LogP contribution in [0, 0.1) is 5.92 Å². The molecule has 2 heterocycles. The Morgan fingerprint density at radius 3 is 2.75 bits per heavy atom. The van der Waals surface area contributed by atoms with E-state index in [9.17, 15) is 9.59 Å². The molecule has 0 spiro atoms. The molecule has 6 heteroatoms. The van der Waals surface area contributed by atoms with Crippen molar-refractivity contribution in [3.05, 3.63) is 23.7 Å². The molecule has 1 aromatic rings. The lowest BCUT2D eigenvalue weighted by molar-refractivity contribution is -0.131. The third kappa shape index (κ3) is 2.97. The Hall–Kier alpha value is -2.11. The molecule has 2 fully saturated rings. The number of carbonyl (C=O) groups is 2. The van der Waals surface area contributed by atoms with Crippen LogP contribution in [-0.4, -0.2) is 40.5 Å². The summed E-state index contributed by atoms with van der Waals surface area (Å²) in [6, 6.07) is 4.31. The lowest BCUT2D eigenvalue weighted by atomic mass is 10.1. The van der Waals surface area contributed by atoms with Gasteiger partial charge < -0.3 is 9.32 Å². The summed E-state index contributed by atoms with van der Waals surface area (Å²) in [6.45, 7) is 2.72. The van der Waals surface area contributed by atoms with E-state index in [0.29, 0.717) is 36.9 Å². The first kappa shape index (κ1) is 15.4. The van der Waals surface area contributed by atoms with Crippen molar-refractivity contribution in [2.45, 2.75) is 57.5 Å². The van der Waals surface area contributed by atoms with Gasteiger partial charge in [0.2, 0.25) is 5.91 Å². The van der Waals surface area contributed by atoms with Crippen molar-refractivity contribution in [2.24, 2.45) is 11.0 Å². The van der Waals surface area contributed by atoms with Gasteiger partial charge in [0.15, 0.2) is 0 Å². The lowest BCUT2D eigenvalue weighted by Gasteiger charge is -2.25. The first-order valence-electron chi connectivity index (χ1n) is 8.76. The van der Waals surface area contributed by atoms with E-state index in [-0.39, 0.29) is 17.9 Å². The second-order valence-electron chi connectivity index (χ2n) is 7.25. The average Bonchev–Trinajstić information content (AvgIpc) is 3.48. The fourth-order valence-electron chi connectivity index (χ4n) is 3.31. The fourth-order valence-corrected chi connectivity index (χ4v) is 3.31. The van der Waals surface area contributed by atoms with Crippen LogP contribution < -0.4 is 0 Å². The number of hydrogen-bond donors (Lipinski definition) is 0. The van der Waals surface area contributed by atoms with Gasteiger partial charge in [0.05, 0.1) is 6.54 Å². The van der Waals surface area contributed by atoms with E-state index < -0.39 is 0 Å². The van der Waals surface area contributed by atoms with Gasteiger partial charge in [0, 0.05) is 31.8 Å². The van der Waals surface area contributed by atoms with E-state index in [1.807, 2.05) is 17.0 Å². The van der Waals surface area contributed by atoms with E-state index in [1.165, 1.54) is 11.4 Å². The normalized spacial score (nSPS) is 26.3. The van der Waals surface area contributed by atoms with Gasteiger partial charge in [-0.3, -0.25) is 9.59 Å². The minimum atomic E-state index is -0.0606. The van der Waals surface area contributed by atoms with Gasteiger partial charge in [-0.05, 0) is 37.3 Å². The zero-order chi connectivity index (χ0) is 16.8. The van der Waals surface area contributed by atoms with Crippen LogP contribution in [0.15, 0.2) is 21.7 Å². The lowest BCUT2D eigenvalue weighted by Crippen LogP contribution is -2.41. The molecule has 24 heavy (non-hydrogen) atoms. The van der Waals surface area contributed by atoms with Crippen LogP contribution in [-0.2, 0) is 16.1 Å². The monoisotopic (exact) mass is 329 g/mol. The van der Waals surface area contributed by atoms with Gasteiger partial charge in [-0.15, -0.1) is 0 Å². The van der Waals surface area contributed by atoms with Crippen molar-refractivity contribution in [1.82, 2.24) is 9.91 Å². The average molecular weight is 329 g/mol. The number of rotatable bonds is 5. The van der Waals surface area contributed by atoms with Crippen LogP contribution in [0.2, 0.25) is 0 Å². The molecule has 6 nitrogen and oxygen atoms in total. The van der Waals surface area contributed by atoms with Crippen LogP contribution in [0.3, 0.4) is 0 Å². The maximum atomic E-state index is 12.9. The minimum Gasteiger partial charge on any atom is -0.464 e. The highest BCUT2D eigenvalue weighted by Crippen LogP contribution is 2.47. The summed E-state index contributed by atoms with van der Waals surface area (Å²) in [5.74, 6) is 3.03. The molecule has 128 valence electrons. The quantitative estimate of drug-likeness (QED) is 0.833. The Morgan fingerprint density at radius 2 is 2.12 bits per heavy atom. The van der Waals surface area contributed by atoms with E-state index in [2.05, 4.69) is 12.0 Å². The summed E-state index contributed by atoms with van der Waals surface area (Å²) in [5, 5.41) is 5.45.